The van der Waals surface area contributed by atoms with Gasteiger partial charge in [0.15, 0.2) is 0 Å². The van der Waals surface area contributed by atoms with Gasteiger partial charge >= 0.3 is 0 Å². The van der Waals surface area contributed by atoms with Crippen LogP contribution in [0.1, 0.15) is 71.1 Å². The number of halogens is 1. The maximum atomic E-state index is 5.62. The first kappa shape index (κ1) is 15.0. The molecule has 0 heterocycles. The number of unbranched alkanes of at least 4 members (excludes halogenated alkanes) is 8. The second-order valence-corrected chi connectivity index (χ2v) is 4.59. The van der Waals surface area contributed by atoms with E-state index in [2.05, 4.69) is 19.1 Å². The summed E-state index contributed by atoms with van der Waals surface area (Å²) in [5, 5.41) is 0. The first-order valence-electron chi connectivity index (χ1n) is 6.62. The minimum atomic E-state index is 0.833. The highest BCUT2D eigenvalue weighted by Gasteiger charge is 1.89. The van der Waals surface area contributed by atoms with Crippen molar-refractivity contribution in [2.24, 2.45) is 0 Å². The van der Waals surface area contributed by atoms with Gasteiger partial charge in [-0.15, -0.1) is 11.6 Å². The molecule has 0 unspecified atom stereocenters. The van der Waals surface area contributed by atoms with Crippen LogP contribution in [0, 0.1) is 0 Å². The molecule has 0 saturated heterocycles. The second-order valence-electron chi connectivity index (χ2n) is 4.21. The number of allylic oxidation sites excluding steroid dienone is 2. The second kappa shape index (κ2) is 14.0. The third-order valence-electron chi connectivity index (χ3n) is 2.65. The van der Waals surface area contributed by atoms with Crippen molar-refractivity contribution < 1.29 is 0 Å². The summed E-state index contributed by atoms with van der Waals surface area (Å²) in [5.74, 6) is 0.833. The van der Waals surface area contributed by atoms with Gasteiger partial charge in [-0.3, -0.25) is 0 Å². The Morgan fingerprint density at radius 2 is 1.27 bits per heavy atom. The quantitative estimate of drug-likeness (QED) is 0.243. The highest BCUT2D eigenvalue weighted by molar-refractivity contribution is 6.17. The van der Waals surface area contributed by atoms with E-state index in [9.17, 15) is 0 Å². The van der Waals surface area contributed by atoms with E-state index < -0.39 is 0 Å². The third-order valence-corrected chi connectivity index (χ3v) is 2.91. The van der Waals surface area contributed by atoms with E-state index in [1.165, 1.54) is 64.2 Å². The molecule has 0 aromatic rings. The van der Waals surface area contributed by atoms with Crippen molar-refractivity contribution in [2.75, 3.05) is 5.88 Å². The molecular weight excluding hydrogens is 204 g/mol. The fourth-order valence-corrected chi connectivity index (χ4v) is 1.81. The van der Waals surface area contributed by atoms with Crippen LogP contribution < -0.4 is 0 Å². The van der Waals surface area contributed by atoms with E-state index in [1.807, 2.05) is 0 Å². The molecule has 0 aliphatic rings. The van der Waals surface area contributed by atoms with Crippen LogP contribution >= 0.6 is 11.6 Å². The molecule has 0 aromatic carbocycles. The minimum absolute atomic E-state index is 0.833. The molecule has 0 bridgehead atoms. The molecule has 15 heavy (non-hydrogen) atoms. The van der Waals surface area contributed by atoms with Crippen LogP contribution in [0.2, 0.25) is 0 Å². The van der Waals surface area contributed by atoms with Gasteiger partial charge in [-0.2, -0.15) is 0 Å². The predicted molar refractivity (Wildman–Crippen MR) is 71.7 cm³/mol. The lowest BCUT2D eigenvalue weighted by Crippen LogP contribution is -1.80. The Balaban J connectivity index is 2.95. The summed E-state index contributed by atoms with van der Waals surface area (Å²) < 4.78 is 0. The summed E-state index contributed by atoms with van der Waals surface area (Å²) in [6.07, 6.45) is 17.9. The van der Waals surface area contributed by atoms with Crippen molar-refractivity contribution in [1.82, 2.24) is 0 Å². The summed E-state index contributed by atoms with van der Waals surface area (Å²) in [5.41, 5.74) is 0. The lowest BCUT2D eigenvalue weighted by atomic mass is 10.1. The maximum Gasteiger partial charge on any atom is 0.0223 e. The van der Waals surface area contributed by atoms with Crippen molar-refractivity contribution in [3.8, 4) is 0 Å². The van der Waals surface area contributed by atoms with Crippen LogP contribution in [-0.4, -0.2) is 5.88 Å². The van der Waals surface area contributed by atoms with Crippen LogP contribution in [0.5, 0.6) is 0 Å². The summed E-state index contributed by atoms with van der Waals surface area (Å²) in [4.78, 5) is 0. The van der Waals surface area contributed by atoms with Gasteiger partial charge in [-0.25, -0.2) is 0 Å². The van der Waals surface area contributed by atoms with Crippen LogP contribution in [0.4, 0.5) is 0 Å². The highest BCUT2D eigenvalue weighted by atomic mass is 35.5. The molecule has 90 valence electrons. The lowest BCUT2D eigenvalue weighted by Gasteiger charge is -1.98. The van der Waals surface area contributed by atoms with Gasteiger partial charge in [0, 0.05) is 5.88 Å². The van der Waals surface area contributed by atoms with E-state index >= 15 is 0 Å². The Bertz CT molecular complexity index is 129. The minimum Gasteiger partial charge on any atom is -0.127 e. The molecule has 0 aromatic heterocycles. The summed E-state index contributed by atoms with van der Waals surface area (Å²) in [6.45, 7) is 2.24. The Kier molecular flexibility index (Phi) is 14.1. The van der Waals surface area contributed by atoms with E-state index in [1.54, 1.807) is 0 Å². The maximum absolute atomic E-state index is 5.62. The average molecular weight is 231 g/mol. The van der Waals surface area contributed by atoms with Crippen LogP contribution in [-0.2, 0) is 0 Å². The fraction of sp³-hybridized carbons (Fsp3) is 0.857. The van der Waals surface area contributed by atoms with Gasteiger partial charge in [0.05, 0.1) is 0 Å². The Morgan fingerprint density at radius 1 is 0.733 bits per heavy atom. The van der Waals surface area contributed by atoms with Crippen molar-refractivity contribution >= 4 is 11.6 Å². The van der Waals surface area contributed by atoms with Gasteiger partial charge in [0.1, 0.15) is 0 Å². The molecule has 0 N–H and O–H groups in total. The number of rotatable bonds is 11. The van der Waals surface area contributed by atoms with E-state index in [0.717, 1.165) is 5.88 Å². The van der Waals surface area contributed by atoms with Crippen LogP contribution in [0.25, 0.3) is 0 Å². The summed E-state index contributed by atoms with van der Waals surface area (Å²) in [7, 11) is 0. The highest BCUT2D eigenvalue weighted by Crippen LogP contribution is 2.08. The molecule has 0 aliphatic carbocycles. The van der Waals surface area contributed by atoms with Crippen molar-refractivity contribution in [1.29, 1.82) is 0 Å². The Hall–Kier alpha value is 0.0300. The lowest BCUT2D eigenvalue weighted by molar-refractivity contribution is 0.612. The molecule has 0 amide bonds. The molecular formula is C14H27Cl. The largest absolute Gasteiger partial charge is 0.127 e. The SMILES string of the molecule is CCCCC=CCCCCCCCCCl. The van der Waals surface area contributed by atoms with Crippen LogP contribution in [0.15, 0.2) is 12.2 Å². The van der Waals surface area contributed by atoms with Gasteiger partial charge < -0.3 is 0 Å². The number of hydrogen-bond acceptors (Lipinski definition) is 0. The molecule has 0 saturated carbocycles. The Morgan fingerprint density at radius 3 is 1.87 bits per heavy atom. The predicted octanol–water partition coefficient (Wildman–Crippen LogP) is 5.70. The molecule has 0 aliphatic heterocycles. The fourth-order valence-electron chi connectivity index (χ4n) is 1.62. The van der Waals surface area contributed by atoms with Gasteiger partial charge in [-0.05, 0) is 25.7 Å². The topological polar surface area (TPSA) is 0 Å². The third kappa shape index (κ3) is 14.0. The number of hydrogen-bond donors (Lipinski definition) is 0. The molecule has 0 spiro atoms. The van der Waals surface area contributed by atoms with Gasteiger partial charge in [-0.1, -0.05) is 57.6 Å². The molecule has 0 radical (unpaired) electrons. The van der Waals surface area contributed by atoms with Crippen LogP contribution in [0.3, 0.4) is 0 Å². The zero-order chi connectivity index (χ0) is 11.2. The van der Waals surface area contributed by atoms with E-state index in [-0.39, 0.29) is 0 Å². The van der Waals surface area contributed by atoms with Crippen molar-refractivity contribution in [3.63, 3.8) is 0 Å². The Labute approximate surface area is 101 Å². The standard InChI is InChI=1S/C14H27Cl/c1-2-3-4-5-6-7-8-9-10-11-12-13-14-15/h5-6H,2-4,7-14H2,1H3. The first-order valence-corrected chi connectivity index (χ1v) is 7.16. The zero-order valence-electron chi connectivity index (χ0n) is 10.3. The smallest absolute Gasteiger partial charge is 0.0223 e. The molecule has 0 atom stereocenters. The summed E-state index contributed by atoms with van der Waals surface area (Å²) >= 11 is 5.62. The molecule has 0 nitrogen and oxygen atoms in total. The van der Waals surface area contributed by atoms with Gasteiger partial charge in [0.2, 0.25) is 0 Å². The van der Waals surface area contributed by atoms with Crippen molar-refractivity contribution in [3.05, 3.63) is 12.2 Å². The first-order chi connectivity index (χ1) is 7.41. The number of alkyl halides is 1. The molecule has 0 rings (SSSR count). The summed E-state index contributed by atoms with van der Waals surface area (Å²) in [6, 6.07) is 0. The van der Waals surface area contributed by atoms with E-state index in [0.29, 0.717) is 0 Å². The van der Waals surface area contributed by atoms with Gasteiger partial charge in [0.25, 0.3) is 0 Å². The normalized spacial score (nSPS) is 11.3. The molecule has 1 heteroatoms. The van der Waals surface area contributed by atoms with E-state index in [4.69, 9.17) is 11.6 Å². The monoisotopic (exact) mass is 230 g/mol. The molecule has 0 fully saturated rings. The zero-order valence-corrected chi connectivity index (χ0v) is 11.1. The average Bonchev–Trinajstić information content (AvgIpc) is 2.26. The van der Waals surface area contributed by atoms with Crippen molar-refractivity contribution in [2.45, 2.75) is 71.1 Å².